The Kier molecular flexibility index (Phi) is 14.0. The van der Waals surface area contributed by atoms with Crippen molar-refractivity contribution in [3.05, 3.63) is 34.8 Å². The fourth-order valence-corrected chi connectivity index (χ4v) is 4.14. The Bertz CT molecular complexity index is 652. The molecule has 0 spiro atoms. The van der Waals surface area contributed by atoms with E-state index in [4.69, 9.17) is 9.47 Å². The SMILES string of the molecule is CCOC(=O)CS/C(SCC)=C(/C(=O)CC(=O)OCC)[n+]1ccccc1.[Br-]. The Morgan fingerprint density at radius 1 is 0.889 bits per heavy atom. The molecule has 0 amide bonds. The third kappa shape index (κ3) is 9.44. The number of aromatic nitrogens is 1. The van der Waals surface area contributed by atoms with Crippen molar-refractivity contribution in [3.8, 4) is 0 Å². The molecule has 1 rings (SSSR count). The minimum absolute atomic E-state index is 0. The second kappa shape index (κ2) is 14.7. The molecule has 0 saturated carbocycles. The highest BCUT2D eigenvalue weighted by Gasteiger charge is 2.28. The number of hydrogen-bond acceptors (Lipinski definition) is 7. The van der Waals surface area contributed by atoms with Crippen molar-refractivity contribution in [1.82, 2.24) is 0 Å². The van der Waals surface area contributed by atoms with E-state index in [9.17, 15) is 14.4 Å². The van der Waals surface area contributed by atoms with Crippen LogP contribution in [0.3, 0.4) is 0 Å². The molecule has 0 fully saturated rings. The molecule has 27 heavy (non-hydrogen) atoms. The minimum atomic E-state index is -0.567. The minimum Gasteiger partial charge on any atom is -1.00 e. The van der Waals surface area contributed by atoms with Crippen molar-refractivity contribution in [1.29, 1.82) is 0 Å². The van der Waals surface area contributed by atoms with Gasteiger partial charge in [-0.2, -0.15) is 4.57 Å². The standard InChI is InChI=1S/C18H24NO5S2.BrH/c1-4-23-15(21)12-14(20)17(19-10-8-7-9-11-19)18(25-6-3)26-13-16(22)24-5-2;/h7-11H,4-6,12-13H2,1-3H3;1H/q+1;/p-1/b18-17-;. The highest BCUT2D eigenvalue weighted by atomic mass is 79.9. The molecule has 9 heteroatoms. The van der Waals surface area contributed by atoms with Crippen molar-refractivity contribution >= 4 is 46.9 Å². The van der Waals surface area contributed by atoms with Crippen molar-refractivity contribution in [2.45, 2.75) is 27.2 Å². The van der Waals surface area contributed by atoms with E-state index in [1.807, 2.05) is 13.0 Å². The van der Waals surface area contributed by atoms with Gasteiger partial charge in [0, 0.05) is 12.1 Å². The van der Waals surface area contributed by atoms with E-state index in [0.717, 1.165) is 5.75 Å². The Hall–Kier alpha value is -1.32. The van der Waals surface area contributed by atoms with E-state index in [1.54, 1.807) is 42.9 Å². The van der Waals surface area contributed by atoms with Gasteiger partial charge in [-0.15, -0.1) is 23.5 Å². The predicted octanol–water partition coefficient (Wildman–Crippen LogP) is -0.324. The second-order valence-electron chi connectivity index (χ2n) is 4.85. The summed E-state index contributed by atoms with van der Waals surface area (Å²) in [6.07, 6.45) is 3.12. The Morgan fingerprint density at radius 2 is 1.48 bits per heavy atom. The normalized spacial score (nSPS) is 11.1. The largest absolute Gasteiger partial charge is 1.00 e. The maximum absolute atomic E-state index is 12.8. The maximum Gasteiger partial charge on any atom is 0.316 e. The molecule has 0 aliphatic heterocycles. The number of thioether (sulfide) groups is 2. The molecule has 6 nitrogen and oxygen atoms in total. The predicted molar refractivity (Wildman–Crippen MR) is 103 cm³/mol. The van der Waals surface area contributed by atoms with Crippen molar-refractivity contribution in [2.75, 3.05) is 24.7 Å². The highest BCUT2D eigenvalue weighted by Crippen LogP contribution is 2.32. The lowest BCUT2D eigenvalue weighted by atomic mass is 10.2. The van der Waals surface area contributed by atoms with Crippen molar-refractivity contribution < 1.29 is 45.4 Å². The number of halogens is 1. The van der Waals surface area contributed by atoms with Crippen LogP contribution in [0.5, 0.6) is 0 Å². The van der Waals surface area contributed by atoms with Gasteiger partial charge in [0.15, 0.2) is 12.4 Å². The average Bonchev–Trinajstić information content (AvgIpc) is 2.61. The van der Waals surface area contributed by atoms with Crippen LogP contribution in [-0.4, -0.2) is 42.4 Å². The van der Waals surface area contributed by atoms with Crippen molar-refractivity contribution in [3.63, 3.8) is 0 Å². The summed E-state index contributed by atoms with van der Waals surface area (Å²) in [5.41, 5.74) is 0.361. The van der Waals surface area contributed by atoms with E-state index in [2.05, 4.69) is 0 Å². The van der Waals surface area contributed by atoms with Crippen LogP contribution in [-0.2, 0) is 23.9 Å². The number of carbonyl (C=O) groups is 3. The van der Waals surface area contributed by atoms with Gasteiger partial charge in [0.25, 0.3) is 5.70 Å². The first-order valence-corrected chi connectivity index (χ1v) is 10.3. The third-order valence-corrected chi connectivity index (χ3v) is 5.23. The summed E-state index contributed by atoms with van der Waals surface area (Å²) >= 11 is 2.69. The summed E-state index contributed by atoms with van der Waals surface area (Å²) in [6.45, 7) is 5.92. The first-order chi connectivity index (χ1) is 12.5. The molecule has 1 heterocycles. The van der Waals surface area contributed by atoms with Gasteiger partial charge in [-0.3, -0.25) is 14.4 Å². The third-order valence-electron chi connectivity index (χ3n) is 2.94. The van der Waals surface area contributed by atoms with E-state index >= 15 is 0 Å². The number of allylic oxidation sites excluding steroid dienone is 1. The summed E-state index contributed by atoms with van der Waals surface area (Å²) in [6, 6.07) is 5.42. The lowest BCUT2D eigenvalue weighted by molar-refractivity contribution is -0.577. The van der Waals surface area contributed by atoms with Gasteiger partial charge in [-0.1, -0.05) is 13.0 Å². The molecule has 0 aliphatic rings. The number of carbonyl (C=O) groups excluding carboxylic acids is 3. The monoisotopic (exact) mass is 477 g/mol. The van der Waals surface area contributed by atoms with Crippen LogP contribution >= 0.6 is 23.5 Å². The first kappa shape index (κ1) is 25.7. The summed E-state index contributed by atoms with van der Waals surface area (Å²) in [5, 5.41) is 0. The molecule has 1 aromatic heterocycles. The van der Waals surface area contributed by atoms with Gasteiger partial charge >= 0.3 is 11.9 Å². The number of hydrogen-bond donors (Lipinski definition) is 0. The molecule has 0 atom stereocenters. The number of esters is 2. The molecule has 0 unspecified atom stereocenters. The molecular formula is C18H24BrNO5S2. The van der Waals surface area contributed by atoms with Gasteiger partial charge < -0.3 is 26.5 Å². The Labute approximate surface area is 178 Å². The fourth-order valence-electron chi connectivity index (χ4n) is 1.97. The van der Waals surface area contributed by atoms with E-state index in [0.29, 0.717) is 16.5 Å². The number of ether oxygens (including phenoxy) is 2. The van der Waals surface area contributed by atoms with Crippen LogP contribution in [0.25, 0.3) is 5.70 Å². The van der Waals surface area contributed by atoms with Crippen LogP contribution < -0.4 is 21.5 Å². The molecule has 1 aromatic rings. The maximum atomic E-state index is 12.8. The van der Waals surface area contributed by atoms with Crippen LogP contribution in [0.15, 0.2) is 34.8 Å². The molecule has 0 aromatic carbocycles. The molecular weight excluding hydrogens is 454 g/mol. The average molecular weight is 478 g/mol. The smallest absolute Gasteiger partial charge is 0.316 e. The Morgan fingerprint density at radius 3 is 2.04 bits per heavy atom. The van der Waals surface area contributed by atoms with E-state index < -0.39 is 5.97 Å². The number of pyridine rings is 1. The molecule has 0 N–H and O–H groups in total. The van der Waals surface area contributed by atoms with Gasteiger partial charge in [0.05, 0.1) is 19.0 Å². The van der Waals surface area contributed by atoms with Gasteiger partial charge in [0.1, 0.15) is 10.7 Å². The summed E-state index contributed by atoms with van der Waals surface area (Å²) in [4.78, 5) is 36.3. The van der Waals surface area contributed by atoms with Gasteiger partial charge in [-0.05, 0) is 19.6 Å². The highest BCUT2D eigenvalue weighted by molar-refractivity contribution is 8.22. The van der Waals surface area contributed by atoms with Crippen LogP contribution in [0.4, 0.5) is 0 Å². The van der Waals surface area contributed by atoms with Crippen LogP contribution in [0.1, 0.15) is 27.2 Å². The zero-order valence-corrected chi connectivity index (χ0v) is 18.8. The zero-order chi connectivity index (χ0) is 19.4. The van der Waals surface area contributed by atoms with Crippen LogP contribution in [0, 0.1) is 0 Å². The lowest BCUT2D eigenvalue weighted by Crippen LogP contribution is -3.00. The number of nitrogens with zero attached hydrogens (tertiary/aromatic N) is 1. The van der Waals surface area contributed by atoms with E-state index in [-0.39, 0.29) is 47.5 Å². The quantitative estimate of drug-likeness (QED) is 0.187. The number of rotatable bonds is 11. The number of Topliss-reactive ketones (excluding diaryl/α,β-unsaturated/α-hetero) is 1. The van der Waals surface area contributed by atoms with E-state index in [1.165, 1.54) is 23.5 Å². The summed E-state index contributed by atoms with van der Waals surface area (Å²) < 4.78 is 12.2. The van der Waals surface area contributed by atoms with Crippen LogP contribution in [0.2, 0.25) is 0 Å². The molecule has 0 bridgehead atoms. The van der Waals surface area contributed by atoms with Gasteiger partial charge in [0.2, 0.25) is 5.78 Å². The molecule has 150 valence electrons. The summed E-state index contributed by atoms with van der Waals surface area (Å²) in [5.74, 6) is -0.453. The first-order valence-electron chi connectivity index (χ1n) is 8.34. The Balaban J connectivity index is 0.00000676. The molecule has 0 saturated heterocycles. The summed E-state index contributed by atoms with van der Waals surface area (Å²) in [7, 11) is 0. The van der Waals surface area contributed by atoms with Gasteiger partial charge in [-0.25, -0.2) is 0 Å². The fraction of sp³-hybridized carbons (Fsp3) is 0.444. The zero-order valence-electron chi connectivity index (χ0n) is 15.6. The lowest BCUT2D eigenvalue weighted by Gasteiger charge is -2.09. The molecule has 0 radical (unpaired) electrons. The van der Waals surface area contributed by atoms with Crippen molar-refractivity contribution in [2.24, 2.45) is 0 Å². The second-order valence-corrected chi connectivity index (χ2v) is 7.37. The molecule has 0 aliphatic carbocycles. The number of ketones is 1. The topological polar surface area (TPSA) is 73.5 Å².